The molecule has 1 spiro atoms. The molecule has 2 aliphatic heterocycles. The lowest BCUT2D eigenvalue weighted by Crippen LogP contribution is -2.45. The van der Waals surface area contributed by atoms with Crippen molar-refractivity contribution < 1.29 is 19.5 Å². The molecule has 144 valence electrons. The van der Waals surface area contributed by atoms with Gasteiger partial charge in [0.15, 0.2) is 0 Å². The van der Waals surface area contributed by atoms with Crippen LogP contribution in [0.2, 0.25) is 0 Å². The van der Waals surface area contributed by atoms with Crippen LogP contribution in [-0.4, -0.2) is 63.4 Å². The summed E-state index contributed by atoms with van der Waals surface area (Å²) in [7, 11) is 0. The van der Waals surface area contributed by atoms with Crippen LogP contribution in [0.5, 0.6) is 0 Å². The summed E-state index contributed by atoms with van der Waals surface area (Å²) in [5, 5.41) is 9.68. The molecule has 1 aromatic rings. The van der Waals surface area contributed by atoms with Crippen molar-refractivity contribution in [2.75, 3.05) is 19.6 Å². The predicted octanol–water partition coefficient (Wildman–Crippen LogP) is 1.71. The lowest BCUT2D eigenvalue weighted by molar-refractivity contribution is -0.141. The molecule has 0 bridgehead atoms. The Hall–Kier alpha value is -2.44. The van der Waals surface area contributed by atoms with Crippen molar-refractivity contribution in [3.63, 3.8) is 0 Å². The SMILES string of the molecule is Cc1ccc(C(=O)N2CC3(CCN(C(=O)C4CC4)CC3)C[C@H]2C(=O)O)cn1. The molecule has 1 atom stereocenters. The number of carbonyl (C=O) groups excluding carboxylic acids is 2. The second-order valence-electron chi connectivity index (χ2n) is 8.28. The maximum atomic E-state index is 12.9. The smallest absolute Gasteiger partial charge is 0.326 e. The van der Waals surface area contributed by atoms with E-state index < -0.39 is 12.0 Å². The molecule has 0 radical (unpaired) electrons. The van der Waals surface area contributed by atoms with Crippen LogP contribution in [0.1, 0.15) is 48.2 Å². The Morgan fingerprint density at radius 3 is 2.44 bits per heavy atom. The van der Waals surface area contributed by atoms with Crippen LogP contribution >= 0.6 is 0 Å². The Labute approximate surface area is 158 Å². The third-order valence-electron chi connectivity index (χ3n) is 6.27. The van der Waals surface area contributed by atoms with Crippen LogP contribution < -0.4 is 0 Å². The second-order valence-corrected chi connectivity index (χ2v) is 8.28. The zero-order chi connectivity index (χ0) is 19.2. The molecule has 3 aliphatic rings. The average molecular weight is 371 g/mol. The standard InChI is InChI=1S/C20H25N3O4/c1-13-2-3-15(11-21-13)18(25)23-12-20(10-16(23)19(26)27)6-8-22(9-7-20)17(24)14-4-5-14/h2-3,11,14,16H,4-10,12H2,1H3,(H,26,27)/t16-/m0/s1. The summed E-state index contributed by atoms with van der Waals surface area (Å²) >= 11 is 0. The van der Waals surface area contributed by atoms with E-state index in [1.54, 1.807) is 12.1 Å². The van der Waals surface area contributed by atoms with Crippen molar-refractivity contribution in [2.24, 2.45) is 11.3 Å². The average Bonchev–Trinajstić information content (AvgIpc) is 3.44. The summed E-state index contributed by atoms with van der Waals surface area (Å²) in [6, 6.07) is 2.65. The van der Waals surface area contributed by atoms with Crippen molar-refractivity contribution in [3.05, 3.63) is 29.6 Å². The number of amides is 2. The minimum Gasteiger partial charge on any atom is -0.480 e. The summed E-state index contributed by atoms with van der Waals surface area (Å²) in [6.07, 6.45) is 5.47. The minimum atomic E-state index is -0.961. The zero-order valence-electron chi connectivity index (χ0n) is 15.6. The number of piperidine rings is 1. The van der Waals surface area contributed by atoms with Gasteiger partial charge in [-0.05, 0) is 56.6 Å². The number of aromatic nitrogens is 1. The summed E-state index contributed by atoms with van der Waals surface area (Å²) in [4.78, 5) is 44.6. The number of carboxylic acid groups (broad SMARTS) is 1. The minimum absolute atomic E-state index is 0.210. The fourth-order valence-corrected chi connectivity index (χ4v) is 4.40. The van der Waals surface area contributed by atoms with E-state index in [4.69, 9.17) is 0 Å². The molecule has 1 N–H and O–H groups in total. The first-order chi connectivity index (χ1) is 12.9. The van der Waals surface area contributed by atoms with Crippen molar-refractivity contribution in [1.29, 1.82) is 0 Å². The van der Waals surface area contributed by atoms with E-state index in [0.29, 0.717) is 31.6 Å². The van der Waals surface area contributed by atoms with E-state index in [9.17, 15) is 19.5 Å². The van der Waals surface area contributed by atoms with Gasteiger partial charge in [0, 0.05) is 37.4 Å². The number of aliphatic carboxylic acids is 1. The number of nitrogens with zero attached hydrogens (tertiary/aromatic N) is 3. The molecular weight excluding hydrogens is 346 g/mol. The maximum Gasteiger partial charge on any atom is 0.326 e. The van der Waals surface area contributed by atoms with Crippen molar-refractivity contribution >= 4 is 17.8 Å². The highest BCUT2D eigenvalue weighted by Crippen LogP contribution is 2.44. The van der Waals surface area contributed by atoms with Gasteiger partial charge in [0.05, 0.1) is 5.56 Å². The summed E-state index contributed by atoms with van der Waals surface area (Å²) in [6.45, 7) is 3.60. The number of likely N-dealkylation sites (tertiary alicyclic amines) is 2. The Morgan fingerprint density at radius 1 is 1.19 bits per heavy atom. The first-order valence-corrected chi connectivity index (χ1v) is 9.64. The first-order valence-electron chi connectivity index (χ1n) is 9.64. The van der Waals surface area contributed by atoms with E-state index in [1.807, 2.05) is 11.8 Å². The molecule has 0 unspecified atom stereocenters. The molecule has 2 amide bonds. The normalized spacial score (nSPS) is 24.3. The molecule has 27 heavy (non-hydrogen) atoms. The summed E-state index contributed by atoms with van der Waals surface area (Å²) < 4.78 is 0. The molecular formula is C20H25N3O4. The van der Waals surface area contributed by atoms with Gasteiger partial charge in [-0.2, -0.15) is 0 Å². The fraction of sp³-hybridized carbons (Fsp3) is 0.600. The van der Waals surface area contributed by atoms with Crippen LogP contribution in [-0.2, 0) is 9.59 Å². The molecule has 4 rings (SSSR count). The van der Waals surface area contributed by atoms with Gasteiger partial charge < -0.3 is 14.9 Å². The van der Waals surface area contributed by atoms with E-state index >= 15 is 0 Å². The van der Waals surface area contributed by atoms with Gasteiger partial charge in [-0.15, -0.1) is 0 Å². The van der Waals surface area contributed by atoms with Crippen molar-refractivity contribution in [2.45, 2.75) is 45.1 Å². The van der Waals surface area contributed by atoms with E-state index in [2.05, 4.69) is 4.98 Å². The van der Waals surface area contributed by atoms with Crippen LogP contribution in [0.3, 0.4) is 0 Å². The highest BCUT2D eigenvalue weighted by atomic mass is 16.4. The van der Waals surface area contributed by atoms with Gasteiger partial charge in [0.25, 0.3) is 5.91 Å². The molecule has 3 heterocycles. The topological polar surface area (TPSA) is 90.8 Å². The molecule has 2 saturated heterocycles. The largest absolute Gasteiger partial charge is 0.480 e. The summed E-state index contributed by atoms with van der Waals surface area (Å²) in [5.41, 5.74) is 1.02. The highest BCUT2D eigenvalue weighted by Gasteiger charge is 2.50. The second kappa shape index (κ2) is 6.62. The lowest BCUT2D eigenvalue weighted by atomic mass is 9.76. The van der Waals surface area contributed by atoms with E-state index in [1.165, 1.54) is 11.1 Å². The molecule has 0 aromatic carbocycles. The Bertz CT molecular complexity index is 764. The molecule has 7 nitrogen and oxygen atoms in total. The molecule has 1 saturated carbocycles. The summed E-state index contributed by atoms with van der Waals surface area (Å²) in [5.74, 6) is -0.780. The highest BCUT2D eigenvalue weighted by molar-refractivity contribution is 5.96. The molecule has 1 aromatic heterocycles. The zero-order valence-corrected chi connectivity index (χ0v) is 15.6. The maximum absolute atomic E-state index is 12.9. The van der Waals surface area contributed by atoms with Gasteiger partial charge in [0.1, 0.15) is 6.04 Å². The number of hydrogen-bond acceptors (Lipinski definition) is 4. The molecule has 3 fully saturated rings. The Morgan fingerprint density at radius 2 is 1.89 bits per heavy atom. The van der Waals surface area contributed by atoms with Gasteiger partial charge >= 0.3 is 5.97 Å². The van der Waals surface area contributed by atoms with Crippen LogP contribution in [0.4, 0.5) is 0 Å². The number of carbonyl (C=O) groups is 3. The third-order valence-corrected chi connectivity index (χ3v) is 6.27. The van der Waals surface area contributed by atoms with Crippen LogP contribution in [0, 0.1) is 18.3 Å². The number of pyridine rings is 1. The fourth-order valence-electron chi connectivity index (χ4n) is 4.40. The van der Waals surface area contributed by atoms with Gasteiger partial charge in [-0.1, -0.05) is 0 Å². The molecule has 1 aliphatic carbocycles. The number of carboxylic acids is 1. The van der Waals surface area contributed by atoms with E-state index in [-0.39, 0.29) is 23.1 Å². The Kier molecular flexibility index (Phi) is 4.40. The van der Waals surface area contributed by atoms with Gasteiger partial charge in [-0.3, -0.25) is 14.6 Å². The Balaban J connectivity index is 1.48. The predicted molar refractivity (Wildman–Crippen MR) is 97.0 cm³/mol. The first kappa shape index (κ1) is 17.9. The van der Waals surface area contributed by atoms with Crippen LogP contribution in [0.15, 0.2) is 18.3 Å². The number of hydrogen-bond donors (Lipinski definition) is 1. The van der Waals surface area contributed by atoms with E-state index in [0.717, 1.165) is 31.4 Å². The monoisotopic (exact) mass is 371 g/mol. The number of rotatable bonds is 3. The van der Waals surface area contributed by atoms with Crippen LogP contribution in [0.25, 0.3) is 0 Å². The third kappa shape index (κ3) is 3.42. The lowest BCUT2D eigenvalue weighted by Gasteiger charge is -2.39. The quantitative estimate of drug-likeness (QED) is 0.873. The van der Waals surface area contributed by atoms with Gasteiger partial charge in [-0.25, -0.2) is 4.79 Å². The van der Waals surface area contributed by atoms with Crippen molar-refractivity contribution in [3.8, 4) is 0 Å². The van der Waals surface area contributed by atoms with Gasteiger partial charge in [0.2, 0.25) is 5.91 Å². The molecule has 7 heteroatoms. The van der Waals surface area contributed by atoms with Crippen molar-refractivity contribution in [1.82, 2.24) is 14.8 Å². The number of aryl methyl sites for hydroxylation is 1.